The fraction of sp³-hybridized carbons (Fsp3) is 0.273. The maximum atomic E-state index is 12.4. The van der Waals surface area contributed by atoms with Gasteiger partial charge in [-0.15, -0.1) is 0 Å². The van der Waals surface area contributed by atoms with Crippen LogP contribution in [0.2, 0.25) is 10.0 Å². The van der Waals surface area contributed by atoms with Crippen molar-refractivity contribution >= 4 is 33.2 Å². The summed E-state index contributed by atoms with van der Waals surface area (Å²) in [4.78, 5) is 4.03. The van der Waals surface area contributed by atoms with Crippen molar-refractivity contribution in [3.63, 3.8) is 0 Å². The van der Waals surface area contributed by atoms with Gasteiger partial charge in [-0.2, -0.15) is 9.40 Å². The lowest BCUT2D eigenvalue weighted by Crippen LogP contribution is -2.27. The molecule has 0 atom stereocenters. The molecule has 0 saturated heterocycles. The number of hydrogen-bond acceptors (Lipinski definition) is 4. The summed E-state index contributed by atoms with van der Waals surface area (Å²) < 4.78 is 26.0. The Bertz CT molecular complexity index is 730. The second-order valence-corrected chi connectivity index (χ2v) is 6.95. The Balaban J connectivity index is 2.32. The minimum Gasteiger partial charge on any atom is -0.263 e. The van der Waals surface area contributed by atoms with Crippen molar-refractivity contribution in [1.82, 2.24) is 19.5 Å². The summed E-state index contributed by atoms with van der Waals surface area (Å²) in [5.41, 5.74) is 0. The Morgan fingerprint density at radius 1 is 1.35 bits per heavy atom. The van der Waals surface area contributed by atoms with Crippen LogP contribution in [0.4, 0.5) is 0 Å². The summed E-state index contributed by atoms with van der Waals surface area (Å²) in [6, 6.07) is 4.47. The molecule has 1 N–H and O–H groups in total. The van der Waals surface area contributed by atoms with E-state index in [1.165, 1.54) is 25.2 Å². The Morgan fingerprint density at radius 3 is 2.65 bits per heavy atom. The minimum absolute atomic E-state index is 0.00665. The molecule has 1 aromatic carbocycles. The third-order valence-corrected chi connectivity index (χ3v) is 5.39. The van der Waals surface area contributed by atoms with Crippen LogP contribution in [0.5, 0.6) is 0 Å². The third-order valence-electron chi connectivity index (χ3n) is 2.61. The predicted molar refractivity (Wildman–Crippen MR) is 76.2 cm³/mol. The van der Waals surface area contributed by atoms with Gasteiger partial charge in [-0.25, -0.2) is 13.4 Å². The van der Waals surface area contributed by atoms with Gasteiger partial charge in [0.25, 0.3) is 0 Å². The van der Waals surface area contributed by atoms with Crippen LogP contribution in [0.25, 0.3) is 0 Å². The molecule has 1 heterocycles. The molecule has 0 aliphatic carbocycles. The first kappa shape index (κ1) is 15.2. The molecule has 108 valence electrons. The number of H-pyrrole nitrogens is 1. The monoisotopic (exact) mass is 334 g/mol. The van der Waals surface area contributed by atoms with E-state index < -0.39 is 10.0 Å². The number of sulfonamides is 1. The highest BCUT2D eigenvalue weighted by atomic mass is 35.5. The van der Waals surface area contributed by atoms with Crippen LogP contribution < -0.4 is 0 Å². The molecular weight excluding hydrogens is 323 g/mol. The number of nitrogens with zero attached hydrogens (tertiary/aromatic N) is 3. The van der Waals surface area contributed by atoms with Gasteiger partial charge in [0.15, 0.2) is 5.82 Å². The van der Waals surface area contributed by atoms with Crippen LogP contribution in [-0.2, 0) is 16.6 Å². The Kier molecular flexibility index (Phi) is 4.33. The summed E-state index contributed by atoms with van der Waals surface area (Å²) in [5.74, 6) is 0.998. The molecule has 0 unspecified atom stereocenters. The van der Waals surface area contributed by atoms with E-state index in [1.807, 2.05) is 0 Å². The quantitative estimate of drug-likeness (QED) is 0.929. The second-order valence-electron chi connectivity index (χ2n) is 4.15. The van der Waals surface area contributed by atoms with Gasteiger partial charge < -0.3 is 0 Å². The summed E-state index contributed by atoms with van der Waals surface area (Å²) >= 11 is 11.8. The van der Waals surface area contributed by atoms with Crippen molar-refractivity contribution in [2.24, 2.45) is 0 Å². The summed E-state index contributed by atoms with van der Waals surface area (Å²) in [6.07, 6.45) is 0. The maximum absolute atomic E-state index is 12.4. The Hall–Kier alpha value is -1.15. The highest BCUT2D eigenvalue weighted by molar-refractivity contribution is 7.89. The van der Waals surface area contributed by atoms with E-state index in [-0.39, 0.29) is 21.5 Å². The number of aryl methyl sites for hydroxylation is 1. The summed E-state index contributed by atoms with van der Waals surface area (Å²) in [7, 11) is -2.33. The number of hydrogen-bond donors (Lipinski definition) is 1. The molecule has 20 heavy (non-hydrogen) atoms. The summed E-state index contributed by atoms with van der Waals surface area (Å²) in [5, 5.41) is 6.75. The number of aromatic nitrogens is 3. The number of halogens is 2. The summed E-state index contributed by atoms with van der Waals surface area (Å²) in [6.45, 7) is 1.77. The van der Waals surface area contributed by atoms with Gasteiger partial charge in [-0.05, 0) is 19.1 Å². The molecule has 9 heteroatoms. The van der Waals surface area contributed by atoms with Crippen molar-refractivity contribution in [1.29, 1.82) is 0 Å². The molecule has 0 radical (unpaired) electrons. The lowest BCUT2D eigenvalue weighted by atomic mass is 10.4. The van der Waals surface area contributed by atoms with Crippen molar-refractivity contribution in [3.8, 4) is 0 Å². The molecule has 2 rings (SSSR count). The molecule has 0 fully saturated rings. The average Bonchev–Trinajstić information content (AvgIpc) is 2.78. The van der Waals surface area contributed by atoms with Gasteiger partial charge in [-0.1, -0.05) is 29.3 Å². The molecule has 1 aromatic heterocycles. The van der Waals surface area contributed by atoms with E-state index in [0.29, 0.717) is 11.6 Å². The smallest absolute Gasteiger partial charge is 0.244 e. The molecular formula is C11H12Cl2N4O2S. The van der Waals surface area contributed by atoms with E-state index in [2.05, 4.69) is 15.2 Å². The second kappa shape index (κ2) is 5.69. The Morgan fingerprint density at radius 2 is 2.05 bits per heavy atom. The van der Waals surface area contributed by atoms with Gasteiger partial charge >= 0.3 is 0 Å². The van der Waals surface area contributed by atoms with Crippen LogP contribution in [0.1, 0.15) is 11.6 Å². The van der Waals surface area contributed by atoms with Crippen molar-refractivity contribution in [2.75, 3.05) is 7.05 Å². The van der Waals surface area contributed by atoms with E-state index >= 15 is 0 Å². The van der Waals surface area contributed by atoms with Crippen molar-refractivity contribution < 1.29 is 8.42 Å². The van der Waals surface area contributed by atoms with E-state index in [9.17, 15) is 8.42 Å². The topological polar surface area (TPSA) is 79.0 Å². The molecule has 0 aliphatic heterocycles. The number of aromatic amines is 1. The predicted octanol–water partition coefficient (Wildman–Crippen LogP) is 2.24. The van der Waals surface area contributed by atoms with Gasteiger partial charge in [-0.3, -0.25) is 5.10 Å². The standard InChI is InChI=1S/C11H12Cl2N4O2S/c1-7-14-10(16-15-7)6-17(2)20(18,19)9-5-3-4-8(12)11(9)13/h3-5H,6H2,1-2H3,(H,14,15,16). The minimum atomic E-state index is -3.76. The highest BCUT2D eigenvalue weighted by Gasteiger charge is 2.25. The molecule has 0 saturated carbocycles. The molecule has 0 amide bonds. The fourth-order valence-electron chi connectivity index (χ4n) is 1.59. The zero-order valence-corrected chi connectivity index (χ0v) is 13.1. The third kappa shape index (κ3) is 2.95. The van der Waals surface area contributed by atoms with Crippen molar-refractivity contribution in [2.45, 2.75) is 18.4 Å². The lowest BCUT2D eigenvalue weighted by molar-refractivity contribution is 0.457. The molecule has 6 nitrogen and oxygen atoms in total. The van der Waals surface area contributed by atoms with Crippen LogP contribution in [0.15, 0.2) is 23.1 Å². The van der Waals surface area contributed by atoms with Gasteiger partial charge in [0.1, 0.15) is 10.7 Å². The van der Waals surface area contributed by atoms with Crippen LogP contribution in [0.3, 0.4) is 0 Å². The van der Waals surface area contributed by atoms with Crippen LogP contribution in [-0.4, -0.2) is 35.0 Å². The number of rotatable bonds is 4. The fourth-order valence-corrected chi connectivity index (χ4v) is 3.45. The molecule has 0 bridgehead atoms. The highest BCUT2D eigenvalue weighted by Crippen LogP contribution is 2.30. The first-order valence-electron chi connectivity index (χ1n) is 5.60. The number of benzene rings is 1. The molecule has 2 aromatic rings. The molecule has 0 spiro atoms. The molecule has 0 aliphatic rings. The van der Waals surface area contributed by atoms with Crippen LogP contribution >= 0.6 is 23.2 Å². The number of nitrogens with one attached hydrogen (secondary N) is 1. The van der Waals surface area contributed by atoms with E-state index in [4.69, 9.17) is 23.2 Å². The SMILES string of the molecule is Cc1nc(CN(C)S(=O)(=O)c2cccc(Cl)c2Cl)n[nH]1. The maximum Gasteiger partial charge on any atom is 0.244 e. The normalized spacial score (nSPS) is 12.1. The van der Waals surface area contributed by atoms with Crippen molar-refractivity contribution in [3.05, 3.63) is 39.9 Å². The van der Waals surface area contributed by atoms with E-state index in [0.717, 1.165) is 4.31 Å². The first-order valence-corrected chi connectivity index (χ1v) is 7.80. The van der Waals surface area contributed by atoms with Gasteiger partial charge in [0.05, 0.1) is 16.6 Å². The van der Waals surface area contributed by atoms with E-state index in [1.54, 1.807) is 6.92 Å². The van der Waals surface area contributed by atoms with Gasteiger partial charge in [0, 0.05) is 7.05 Å². The van der Waals surface area contributed by atoms with Gasteiger partial charge in [0.2, 0.25) is 10.0 Å². The van der Waals surface area contributed by atoms with Crippen LogP contribution in [0, 0.1) is 6.92 Å². The first-order chi connectivity index (χ1) is 9.32. The zero-order valence-electron chi connectivity index (χ0n) is 10.8. The largest absolute Gasteiger partial charge is 0.263 e. The Labute approximate surface area is 126 Å². The average molecular weight is 335 g/mol. The zero-order chi connectivity index (χ0) is 14.9. The lowest BCUT2D eigenvalue weighted by Gasteiger charge is -2.16.